The number of aromatic nitrogens is 3. The first kappa shape index (κ1) is 23.7. The van der Waals surface area contributed by atoms with Gasteiger partial charge in [-0.25, -0.2) is 0 Å². The molecule has 0 saturated carbocycles. The van der Waals surface area contributed by atoms with Crippen LogP contribution in [0.25, 0.3) is 55.7 Å². The van der Waals surface area contributed by atoms with Gasteiger partial charge >= 0.3 is 0 Å². The monoisotopic (exact) mass is 749 g/mol. The zero-order chi connectivity index (χ0) is 50.0. The predicted molar refractivity (Wildman–Crippen MR) is 230 cm³/mol. The molecular weight excluding hydrogens is 697 g/mol. The van der Waals surface area contributed by atoms with Crippen molar-refractivity contribution >= 4 is 21.9 Å². The van der Waals surface area contributed by atoms with Crippen LogP contribution in [0.2, 0.25) is 0 Å². The molecule has 4 aromatic heterocycles. The second-order valence-electron chi connectivity index (χ2n) is 13.1. The molecule has 0 aliphatic rings. The number of nitrogens with zero attached hydrogens (tertiary/aromatic N) is 4. The molecule has 0 unspecified atom stereocenters. The average molecular weight is 750 g/mol. The third kappa shape index (κ3) is 7.99. The number of fused-ring (bicyclic) bond motifs is 3. The van der Waals surface area contributed by atoms with Gasteiger partial charge in [-0.15, -0.1) is 0 Å². The lowest BCUT2D eigenvalue weighted by atomic mass is 9.94. The second kappa shape index (κ2) is 16.3. The molecule has 9 rings (SSSR count). The summed E-state index contributed by atoms with van der Waals surface area (Å²) < 4.78 is 126. The van der Waals surface area contributed by atoms with Crippen molar-refractivity contribution in [1.29, 1.82) is 5.26 Å². The highest BCUT2D eigenvalue weighted by Gasteiger charge is 2.15. The van der Waals surface area contributed by atoms with Gasteiger partial charge in [0.05, 0.1) is 24.0 Å². The van der Waals surface area contributed by atoms with Gasteiger partial charge < -0.3 is 4.42 Å². The van der Waals surface area contributed by atoms with E-state index in [1.807, 2.05) is 66.7 Å². The molecular formula is C52H40N4O. The van der Waals surface area contributed by atoms with Crippen LogP contribution < -0.4 is 0 Å². The van der Waals surface area contributed by atoms with E-state index in [1.54, 1.807) is 24.3 Å². The van der Waals surface area contributed by atoms with Crippen LogP contribution in [-0.2, 0) is 38.2 Å². The van der Waals surface area contributed by atoms with E-state index >= 15 is 0 Å². The maximum absolute atomic E-state index is 9.76. The number of furan rings is 1. The maximum Gasteiger partial charge on any atom is 0.153 e. The van der Waals surface area contributed by atoms with Crippen LogP contribution in [0.4, 0.5) is 0 Å². The van der Waals surface area contributed by atoms with Crippen molar-refractivity contribution in [3.05, 3.63) is 209 Å². The highest BCUT2D eigenvalue weighted by Crippen LogP contribution is 2.36. The molecule has 5 nitrogen and oxygen atoms in total. The Bertz CT molecular complexity index is 3320. The Balaban J connectivity index is 1.13. The van der Waals surface area contributed by atoms with Crippen LogP contribution in [0.15, 0.2) is 175 Å². The van der Waals surface area contributed by atoms with Crippen LogP contribution in [0.5, 0.6) is 0 Å². The molecule has 0 fully saturated rings. The van der Waals surface area contributed by atoms with E-state index in [0.29, 0.717) is 39.0 Å². The van der Waals surface area contributed by atoms with Crippen LogP contribution in [0, 0.1) is 11.3 Å². The highest BCUT2D eigenvalue weighted by molar-refractivity contribution is 6.10. The molecule has 0 N–H and O–H groups in total. The van der Waals surface area contributed by atoms with E-state index in [4.69, 9.17) is 5.79 Å². The van der Waals surface area contributed by atoms with E-state index in [2.05, 4.69) is 15.0 Å². The zero-order valence-electron chi connectivity index (χ0n) is 43.3. The summed E-state index contributed by atoms with van der Waals surface area (Å²) in [6.45, 7) is 0. The Kier molecular flexibility index (Phi) is 6.77. The number of pyridine rings is 3. The van der Waals surface area contributed by atoms with Crippen molar-refractivity contribution in [3.63, 3.8) is 0 Å². The minimum absolute atomic E-state index is 0.00537. The Hall–Kier alpha value is -7.16. The number of hydrogen-bond acceptors (Lipinski definition) is 5. The summed E-state index contributed by atoms with van der Waals surface area (Å²) in [5.41, 5.74) is 1.47. The van der Waals surface area contributed by atoms with Crippen LogP contribution in [0.1, 0.15) is 56.8 Å². The number of benzene rings is 5. The van der Waals surface area contributed by atoms with Gasteiger partial charge in [0.25, 0.3) is 0 Å². The van der Waals surface area contributed by atoms with Gasteiger partial charge in [0.1, 0.15) is 11.7 Å². The topological polar surface area (TPSA) is 75.6 Å². The Morgan fingerprint density at radius 2 is 0.930 bits per heavy atom. The minimum atomic E-state index is -3.13. The predicted octanol–water partition coefficient (Wildman–Crippen LogP) is 12.0. The first-order valence-corrected chi connectivity index (χ1v) is 18.1. The third-order valence-corrected chi connectivity index (χ3v) is 9.26. The molecule has 0 aliphatic carbocycles. The van der Waals surface area contributed by atoms with Gasteiger partial charge in [-0.05, 0) is 102 Å². The molecule has 9 aromatic rings. The van der Waals surface area contributed by atoms with Crippen molar-refractivity contribution < 1.29 is 22.2 Å². The smallest absolute Gasteiger partial charge is 0.153 e. The van der Waals surface area contributed by atoms with E-state index in [0.717, 1.165) is 35.5 Å². The van der Waals surface area contributed by atoms with E-state index in [1.165, 1.54) is 54.9 Å². The molecule has 57 heavy (non-hydrogen) atoms. The van der Waals surface area contributed by atoms with Gasteiger partial charge in [-0.1, -0.05) is 121 Å². The molecule has 0 saturated heterocycles. The fourth-order valence-electron chi connectivity index (χ4n) is 6.45. The number of hydrogen-bond donors (Lipinski definition) is 0. The average Bonchev–Trinajstić information content (AvgIpc) is 3.75. The van der Waals surface area contributed by atoms with E-state index < -0.39 is 54.9 Å². The molecule has 0 radical (unpaired) electrons. The molecule has 0 bridgehead atoms. The molecule has 4 heterocycles. The molecule has 0 spiro atoms. The summed E-state index contributed by atoms with van der Waals surface area (Å²) in [4.78, 5) is 13.3. The fourth-order valence-corrected chi connectivity index (χ4v) is 6.45. The Morgan fingerprint density at radius 3 is 1.40 bits per heavy atom. The van der Waals surface area contributed by atoms with Gasteiger partial charge in [0.15, 0.2) is 5.58 Å². The normalized spacial score (nSPS) is 16.1. The lowest BCUT2D eigenvalue weighted by Crippen LogP contribution is -2.00. The largest absolute Gasteiger partial charge is 0.454 e. The number of nitriles is 1. The van der Waals surface area contributed by atoms with Gasteiger partial charge in [0.2, 0.25) is 0 Å². The number of rotatable bonds is 12. The summed E-state index contributed by atoms with van der Waals surface area (Å²) in [5, 5.41) is 11.0. The molecule has 0 amide bonds. The van der Waals surface area contributed by atoms with Gasteiger partial charge in [-0.2, -0.15) is 5.26 Å². The quantitative estimate of drug-likeness (QED) is 0.124. The lowest BCUT2D eigenvalue weighted by molar-refractivity contribution is 0.668. The summed E-state index contributed by atoms with van der Waals surface area (Å²) >= 11 is 0. The first-order chi connectivity index (χ1) is 33.1. The molecule has 5 aromatic carbocycles. The SMILES string of the molecule is [2H]c1ccc2c(oc3c(-c4ccc(C([2H])([2H])C([2H])([2H])c5cc(C([2H])([2H])C([2H])([2H])c6ccc(-c7ccccc7)nc6)cc(C([2H])([2H])C([2H])([2H])c6ccc(-c7ccccc7)nc6)c5)cn4)cccc32)c1C#N. The number of aryl methyl sites for hydroxylation is 6. The van der Waals surface area contributed by atoms with Gasteiger partial charge in [0, 0.05) is 62.5 Å². The van der Waals surface area contributed by atoms with E-state index in [9.17, 15) is 21.7 Å². The van der Waals surface area contributed by atoms with Crippen LogP contribution in [0.3, 0.4) is 0 Å². The molecule has 5 heteroatoms. The van der Waals surface area contributed by atoms with Crippen molar-refractivity contribution in [2.24, 2.45) is 0 Å². The molecule has 0 atom stereocenters. The first-order valence-electron chi connectivity index (χ1n) is 24.6. The molecule has 274 valence electrons. The summed E-state index contributed by atoms with van der Waals surface area (Å²) in [5.74, 6) is 0. The lowest BCUT2D eigenvalue weighted by Gasteiger charge is -2.12. The van der Waals surface area contributed by atoms with Crippen molar-refractivity contribution in [1.82, 2.24) is 15.0 Å². The van der Waals surface area contributed by atoms with E-state index in [-0.39, 0.29) is 33.9 Å². The fraction of sp³-hybridized carbons (Fsp3) is 0.115. The Labute approximate surface area is 351 Å². The standard InChI is InChI=1S/C52H40N4O/c53-32-44-13-7-14-45-46-15-8-16-47(52(46)57-51(44)45)50-28-25-38(35-56-50)19-22-41-30-39(20-17-36-23-26-48(54-33-36)42-9-3-1-4-10-42)29-40(31-41)21-18-37-24-27-49(55-34-37)43-11-5-2-6-12-43/h1-16,23-31,33-35H,17-22H2/i13D,17D2,18D2,19D2,20D2,21D2,22D2. The summed E-state index contributed by atoms with van der Waals surface area (Å²) in [7, 11) is 0. The third-order valence-electron chi connectivity index (χ3n) is 9.26. The van der Waals surface area contributed by atoms with Gasteiger partial charge in [-0.3, -0.25) is 15.0 Å². The second-order valence-corrected chi connectivity index (χ2v) is 13.1. The zero-order valence-corrected chi connectivity index (χ0v) is 30.3. The van der Waals surface area contributed by atoms with Crippen molar-refractivity contribution in [3.8, 4) is 39.8 Å². The molecule has 0 aliphatic heterocycles. The summed E-state index contributed by atoms with van der Waals surface area (Å²) in [6, 6.07) is 40.1. The number of para-hydroxylation sites is 2. The highest BCUT2D eigenvalue weighted by atomic mass is 16.3. The van der Waals surface area contributed by atoms with Crippen LogP contribution in [-0.4, -0.2) is 15.0 Å². The van der Waals surface area contributed by atoms with Crippen molar-refractivity contribution in [2.45, 2.75) is 38.2 Å². The van der Waals surface area contributed by atoms with Crippen molar-refractivity contribution in [2.75, 3.05) is 0 Å². The summed E-state index contributed by atoms with van der Waals surface area (Å²) in [6.07, 6.45) is -14.6. The van der Waals surface area contributed by atoms with Crippen LogP contribution >= 0.6 is 0 Å². The Morgan fingerprint density at radius 1 is 0.474 bits per heavy atom. The minimum Gasteiger partial charge on any atom is -0.454 e. The maximum atomic E-state index is 9.76.